The summed E-state index contributed by atoms with van der Waals surface area (Å²) in [5.41, 5.74) is -1.33. The molecule has 0 saturated carbocycles. The summed E-state index contributed by atoms with van der Waals surface area (Å²) in [4.78, 5) is 11.2. The maximum atomic E-state index is 11.2. The van der Waals surface area contributed by atoms with Gasteiger partial charge < -0.3 is 18.9 Å². The van der Waals surface area contributed by atoms with Crippen LogP contribution in [0.15, 0.2) is 11.8 Å². The summed E-state index contributed by atoms with van der Waals surface area (Å²) in [7, 11) is 0. The Kier molecular flexibility index (Phi) is 3.87. The second kappa shape index (κ2) is 5.13. The van der Waals surface area contributed by atoms with Crippen molar-refractivity contribution >= 4 is 6.16 Å². The van der Waals surface area contributed by atoms with E-state index >= 15 is 0 Å². The van der Waals surface area contributed by atoms with Crippen LogP contribution >= 0.6 is 0 Å². The Morgan fingerprint density at radius 2 is 2.11 bits per heavy atom. The van der Waals surface area contributed by atoms with Crippen molar-refractivity contribution in [2.75, 3.05) is 6.61 Å². The van der Waals surface area contributed by atoms with Gasteiger partial charge in [-0.25, -0.2) is 4.79 Å². The molecule has 0 aromatic carbocycles. The van der Waals surface area contributed by atoms with E-state index in [0.717, 1.165) is 25.9 Å². The van der Waals surface area contributed by atoms with Crippen LogP contribution in [0.5, 0.6) is 0 Å². The highest BCUT2D eigenvalue weighted by molar-refractivity contribution is 5.66. The van der Waals surface area contributed by atoms with Gasteiger partial charge in [0.15, 0.2) is 17.7 Å². The van der Waals surface area contributed by atoms with E-state index in [0.29, 0.717) is 5.76 Å². The molecule has 0 radical (unpaired) electrons. The molecule has 2 heterocycles. The Morgan fingerprint density at radius 3 is 2.63 bits per heavy atom. The van der Waals surface area contributed by atoms with E-state index in [1.54, 1.807) is 19.9 Å². The number of ether oxygens (including phenoxy) is 4. The first-order valence-electron chi connectivity index (χ1n) is 6.72. The maximum absolute atomic E-state index is 11.2. The summed E-state index contributed by atoms with van der Waals surface area (Å²) in [5, 5.41) is 0. The highest BCUT2D eigenvalue weighted by Gasteiger charge is 2.41. The summed E-state index contributed by atoms with van der Waals surface area (Å²) in [6.45, 7) is 8.15. The zero-order valence-electron chi connectivity index (χ0n) is 12.0. The van der Waals surface area contributed by atoms with E-state index in [-0.39, 0.29) is 6.29 Å². The number of rotatable bonds is 3. The van der Waals surface area contributed by atoms with E-state index in [1.807, 2.05) is 13.8 Å². The van der Waals surface area contributed by atoms with Gasteiger partial charge in [-0.15, -0.1) is 0 Å². The van der Waals surface area contributed by atoms with Gasteiger partial charge in [-0.05, 0) is 53.0 Å². The number of hydrogen-bond donors (Lipinski definition) is 0. The lowest BCUT2D eigenvalue weighted by Crippen LogP contribution is -2.34. The molecule has 5 nitrogen and oxygen atoms in total. The van der Waals surface area contributed by atoms with Gasteiger partial charge in [0, 0.05) is 6.61 Å². The largest absolute Gasteiger partial charge is 0.514 e. The lowest BCUT2D eigenvalue weighted by atomic mass is 10.0. The third-order valence-corrected chi connectivity index (χ3v) is 3.18. The summed E-state index contributed by atoms with van der Waals surface area (Å²) in [5.74, 6) is 0.485. The molecule has 0 N–H and O–H groups in total. The number of cyclic esters (lactones) is 2. The molecule has 2 aliphatic rings. The molecule has 108 valence electrons. The van der Waals surface area contributed by atoms with Crippen molar-refractivity contribution < 1.29 is 23.7 Å². The molecule has 0 spiro atoms. The minimum atomic E-state index is -0.745. The van der Waals surface area contributed by atoms with Crippen LogP contribution in [0.4, 0.5) is 4.79 Å². The Balaban J connectivity index is 2.04. The molecule has 1 atom stereocenters. The molecule has 2 fully saturated rings. The van der Waals surface area contributed by atoms with Crippen LogP contribution < -0.4 is 0 Å². The molecular weight excluding hydrogens is 248 g/mol. The van der Waals surface area contributed by atoms with Gasteiger partial charge in [-0.3, -0.25) is 0 Å². The zero-order valence-corrected chi connectivity index (χ0v) is 12.0. The fraction of sp³-hybridized carbons (Fsp3) is 0.786. The number of hydrogen-bond acceptors (Lipinski definition) is 5. The molecule has 1 unspecified atom stereocenters. The van der Waals surface area contributed by atoms with Crippen LogP contribution in [0.3, 0.4) is 0 Å². The minimum absolute atomic E-state index is 0.193. The Hall–Kier alpha value is -1.07. The second-order valence-corrected chi connectivity index (χ2v) is 5.99. The highest BCUT2D eigenvalue weighted by Crippen LogP contribution is 2.33. The summed E-state index contributed by atoms with van der Waals surface area (Å²) in [6, 6.07) is 0. The first kappa shape index (κ1) is 14.3. The van der Waals surface area contributed by atoms with Gasteiger partial charge in [-0.2, -0.15) is 0 Å². The van der Waals surface area contributed by atoms with Crippen LogP contribution in [0.25, 0.3) is 0 Å². The minimum Gasteiger partial charge on any atom is -0.420 e. The lowest BCUT2D eigenvalue weighted by molar-refractivity contribution is -0.202. The van der Waals surface area contributed by atoms with Crippen molar-refractivity contribution in [2.45, 2.75) is 64.4 Å². The summed E-state index contributed by atoms with van der Waals surface area (Å²) < 4.78 is 21.6. The van der Waals surface area contributed by atoms with Crippen molar-refractivity contribution in [3.05, 3.63) is 11.8 Å². The molecule has 19 heavy (non-hydrogen) atoms. The summed E-state index contributed by atoms with van der Waals surface area (Å²) >= 11 is 0. The predicted octanol–water partition coefficient (Wildman–Crippen LogP) is 3.14. The van der Waals surface area contributed by atoms with Crippen molar-refractivity contribution in [1.29, 1.82) is 0 Å². The van der Waals surface area contributed by atoms with E-state index in [1.165, 1.54) is 0 Å². The van der Waals surface area contributed by atoms with Gasteiger partial charge >= 0.3 is 6.16 Å². The fourth-order valence-electron chi connectivity index (χ4n) is 2.19. The quantitative estimate of drug-likeness (QED) is 0.737. The molecule has 0 aromatic rings. The topological polar surface area (TPSA) is 54.0 Å². The number of carbonyl (C=O) groups is 1. The Morgan fingerprint density at radius 1 is 1.37 bits per heavy atom. The number of carbonyl (C=O) groups excluding carboxylic acids is 1. The molecule has 0 aliphatic carbocycles. The molecule has 2 rings (SSSR count). The first-order chi connectivity index (χ1) is 8.78. The van der Waals surface area contributed by atoms with Crippen LogP contribution in [0.2, 0.25) is 0 Å². The van der Waals surface area contributed by atoms with Crippen LogP contribution in [-0.2, 0) is 18.9 Å². The molecule has 2 saturated heterocycles. The van der Waals surface area contributed by atoms with Gasteiger partial charge in [0.05, 0.1) is 5.60 Å². The Bertz CT molecular complexity index is 377. The highest BCUT2D eigenvalue weighted by atomic mass is 16.8. The van der Waals surface area contributed by atoms with Crippen molar-refractivity contribution in [3.63, 3.8) is 0 Å². The summed E-state index contributed by atoms with van der Waals surface area (Å²) in [6.07, 6.45) is 4.02. The molecule has 5 heteroatoms. The molecule has 0 bridgehead atoms. The standard InChI is InChI=1S/C14H22O5/c1-13(2,18-11-7-5-6-8-16-11)9-10-14(3,4)19-12(15)17-10/h9,11H,5-8H2,1-4H3/b10-9-. The van der Waals surface area contributed by atoms with Crippen LogP contribution in [0, 0.1) is 0 Å². The predicted molar refractivity (Wildman–Crippen MR) is 68.5 cm³/mol. The van der Waals surface area contributed by atoms with Crippen LogP contribution in [0.1, 0.15) is 47.0 Å². The van der Waals surface area contributed by atoms with E-state index in [2.05, 4.69) is 0 Å². The fourth-order valence-corrected chi connectivity index (χ4v) is 2.19. The average Bonchev–Trinajstić information content (AvgIpc) is 2.51. The van der Waals surface area contributed by atoms with Crippen molar-refractivity contribution in [2.24, 2.45) is 0 Å². The van der Waals surface area contributed by atoms with Gasteiger partial charge in [0.2, 0.25) is 0 Å². The van der Waals surface area contributed by atoms with Gasteiger partial charge in [0.25, 0.3) is 0 Å². The molecule has 0 aromatic heterocycles. The third kappa shape index (κ3) is 3.70. The smallest absolute Gasteiger partial charge is 0.420 e. The van der Waals surface area contributed by atoms with Crippen molar-refractivity contribution in [3.8, 4) is 0 Å². The Labute approximate surface area is 113 Å². The van der Waals surface area contributed by atoms with Crippen LogP contribution in [-0.4, -0.2) is 30.3 Å². The van der Waals surface area contributed by atoms with Gasteiger partial charge in [-0.1, -0.05) is 0 Å². The first-order valence-corrected chi connectivity index (χ1v) is 6.72. The lowest BCUT2D eigenvalue weighted by Gasteiger charge is -2.31. The van der Waals surface area contributed by atoms with E-state index in [4.69, 9.17) is 18.9 Å². The maximum Gasteiger partial charge on any atom is 0.514 e. The van der Waals surface area contributed by atoms with E-state index in [9.17, 15) is 4.79 Å². The third-order valence-electron chi connectivity index (χ3n) is 3.18. The molecule has 2 aliphatic heterocycles. The normalized spacial score (nSPS) is 29.2. The molecule has 0 amide bonds. The molecular formula is C14H22O5. The zero-order chi connectivity index (χ0) is 14.1. The van der Waals surface area contributed by atoms with Crippen molar-refractivity contribution in [1.82, 2.24) is 0 Å². The van der Waals surface area contributed by atoms with Gasteiger partial charge in [0.1, 0.15) is 0 Å². The monoisotopic (exact) mass is 270 g/mol. The average molecular weight is 270 g/mol. The SMILES string of the molecule is CC(C)(/C=C1\OC(=O)OC1(C)C)OC1CCCCO1. The van der Waals surface area contributed by atoms with E-state index < -0.39 is 17.4 Å². The second-order valence-electron chi connectivity index (χ2n) is 5.99.